The Morgan fingerprint density at radius 1 is 1.14 bits per heavy atom. The van der Waals surface area contributed by atoms with Gasteiger partial charge in [0, 0.05) is 29.2 Å². The molecular weight excluding hydrogens is 376 g/mol. The zero-order valence-corrected chi connectivity index (χ0v) is 16.1. The monoisotopic (exact) mass is 394 g/mol. The second-order valence-corrected chi connectivity index (χ2v) is 6.85. The Bertz CT molecular complexity index is 1140. The van der Waals surface area contributed by atoms with Crippen molar-refractivity contribution < 1.29 is 4.85 Å². The summed E-state index contributed by atoms with van der Waals surface area (Å²) >= 11 is 6.09. The molecule has 0 aliphatic rings. The Hall–Kier alpha value is -3.19. The number of rotatable bonds is 6. The first kappa shape index (κ1) is 18.2. The van der Waals surface area contributed by atoms with Crippen LogP contribution in [0.25, 0.3) is 21.9 Å². The molecule has 0 aliphatic heterocycles. The van der Waals surface area contributed by atoms with Gasteiger partial charge in [0.1, 0.15) is 5.52 Å². The van der Waals surface area contributed by atoms with Gasteiger partial charge in [0.2, 0.25) is 0 Å². The Labute approximate surface area is 167 Å². The largest absolute Gasteiger partial charge is 0.594 e. The van der Waals surface area contributed by atoms with Gasteiger partial charge < -0.3 is 5.21 Å². The SMILES string of the molecule is CCCCN(Nc1ccnc2cc(Cl)ccc12)c1nc2ccccc2[n+]([O-])n1. The normalized spacial score (nSPS) is 11.1. The van der Waals surface area contributed by atoms with Crippen LogP contribution >= 0.6 is 11.6 Å². The summed E-state index contributed by atoms with van der Waals surface area (Å²) in [6, 6.07) is 14.6. The fourth-order valence-corrected chi connectivity index (χ4v) is 3.15. The van der Waals surface area contributed by atoms with Crippen LogP contribution in [0.4, 0.5) is 11.6 Å². The van der Waals surface area contributed by atoms with E-state index in [0.717, 1.165) is 29.4 Å². The average molecular weight is 395 g/mol. The van der Waals surface area contributed by atoms with E-state index >= 15 is 0 Å². The highest BCUT2D eigenvalue weighted by atomic mass is 35.5. The van der Waals surface area contributed by atoms with Crippen LogP contribution in [0.2, 0.25) is 5.02 Å². The molecule has 7 nitrogen and oxygen atoms in total. The van der Waals surface area contributed by atoms with Gasteiger partial charge in [-0.25, -0.2) is 5.01 Å². The fraction of sp³-hybridized carbons (Fsp3) is 0.200. The van der Waals surface area contributed by atoms with Crippen LogP contribution in [-0.4, -0.2) is 21.6 Å². The highest BCUT2D eigenvalue weighted by molar-refractivity contribution is 6.31. The average Bonchev–Trinajstić information content (AvgIpc) is 2.71. The molecule has 0 saturated carbocycles. The maximum Gasteiger partial charge on any atom is 0.311 e. The van der Waals surface area contributed by atoms with E-state index in [9.17, 15) is 5.21 Å². The lowest BCUT2D eigenvalue weighted by Gasteiger charge is -2.24. The first-order valence-electron chi connectivity index (χ1n) is 9.11. The number of nitrogens with zero attached hydrogens (tertiary/aromatic N) is 5. The quantitative estimate of drug-likeness (QED) is 0.301. The minimum atomic E-state index is 0.320. The molecule has 2 aromatic carbocycles. The minimum absolute atomic E-state index is 0.320. The van der Waals surface area contributed by atoms with E-state index in [1.165, 1.54) is 0 Å². The van der Waals surface area contributed by atoms with Crippen molar-refractivity contribution in [3.05, 3.63) is 65.0 Å². The van der Waals surface area contributed by atoms with Crippen molar-refractivity contribution in [1.82, 2.24) is 15.1 Å². The summed E-state index contributed by atoms with van der Waals surface area (Å²) in [4.78, 5) is 9.56. The molecule has 0 spiro atoms. The number of hydrogen-bond acceptors (Lipinski definition) is 6. The molecule has 0 radical (unpaired) electrons. The van der Waals surface area contributed by atoms with Gasteiger partial charge in [-0.1, -0.05) is 37.1 Å². The first-order valence-corrected chi connectivity index (χ1v) is 9.48. The van der Waals surface area contributed by atoms with Crippen molar-refractivity contribution in [3.8, 4) is 0 Å². The van der Waals surface area contributed by atoms with Gasteiger partial charge in [0.15, 0.2) is 0 Å². The second-order valence-electron chi connectivity index (χ2n) is 6.41. The van der Waals surface area contributed by atoms with Gasteiger partial charge in [-0.2, -0.15) is 4.98 Å². The van der Waals surface area contributed by atoms with Gasteiger partial charge in [-0.05, 0) is 41.6 Å². The lowest BCUT2D eigenvalue weighted by molar-refractivity contribution is -0.641. The second kappa shape index (κ2) is 7.82. The number of anilines is 2. The minimum Gasteiger partial charge on any atom is -0.594 e. The topological polar surface area (TPSA) is 80.9 Å². The lowest BCUT2D eigenvalue weighted by Crippen LogP contribution is -2.39. The molecular formula is C20H19ClN6O. The molecule has 0 bridgehead atoms. The Morgan fingerprint density at radius 2 is 2.00 bits per heavy atom. The third-order valence-corrected chi connectivity index (χ3v) is 4.66. The summed E-state index contributed by atoms with van der Waals surface area (Å²) in [5, 5.41) is 19.8. The Morgan fingerprint density at radius 3 is 2.86 bits per heavy atom. The van der Waals surface area contributed by atoms with Crippen molar-refractivity contribution in [2.75, 3.05) is 17.0 Å². The van der Waals surface area contributed by atoms with Crippen molar-refractivity contribution >= 4 is 45.2 Å². The molecule has 0 atom stereocenters. The molecule has 28 heavy (non-hydrogen) atoms. The smallest absolute Gasteiger partial charge is 0.311 e. The first-order chi connectivity index (χ1) is 13.7. The molecule has 142 valence electrons. The van der Waals surface area contributed by atoms with Crippen LogP contribution in [0.5, 0.6) is 0 Å². The molecule has 0 aliphatic carbocycles. The van der Waals surface area contributed by atoms with Gasteiger partial charge in [-0.15, -0.1) is 0 Å². The van der Waals surface area contributed by atoms with E-state index in [4.69, 9.17) is 11.6 Å². The molecule has 0 fully saturated rings. The van der Waals surface area contributed by atoms with Crippen LogP contribution in [0.3, 0.4) is 0 Å². The third-order valence-electron chi connectivity index (χ3n) is 4.43. The van der Waals surface area contributed by atoms with Gasteiger partial charge in [0.25, 0.3) is 5.52 Å². The van der Waals surface area contributed by atoms with Crippen LogP contribution in [-0.2, 0) is 0 Å². The van der Waals surface area contributed by atoms with Crippen molar-refractivity contribution in [2.45, 2.75) is 19.8 Å². The molecule has 0 saturated heterocycles. The highest BCUT2D eigenvalue weighted by Crippen LogP contribution is 2.25. The molecule has 0 unspecified atom stereocenters. The molecule has 8 heteroatoms. The van der Waals surface area contributed by atoms with E-state index in [-0.39, 0.29) is 0 Å². The molecule has 0 amide bonds. The molecule has 1 N–H and O–H groups in total. The van der Waals surface area contributed by atoms with Gasteiger partial charge >= 0.3 is 5.95 Å². The number of pyridine rings is 1. The number of benzene rings is 2. The van der Waals surface area contributed by atoms with Crippen molar-refractivity contribution in [1.29, 1.82) is 0 Å². The third kappa shape index (κ3) is 3.61. The number of unbranched alkanes of at least 4 members (excludes halogenated alkanes) is 1. The number of para-hydroxylation sites is 2. The van der Waals surface area contributed by atoms with E-state index < -0.39 is 0 Å². The predicted molar refractivity (Wildman–Crippen MR) is 111 cm³/mol. The van der Waals surface area contributed by atoms with Crippen molar-refractivity contribution in [2.24, 2.45) is 0 Å². The summed E-state index contributed by atoms with van der Waals surface area (Å²) in [5.74, 6) is 0.320. The Balaban J connectivity index is 1.75. The van der Waals surface area contributed by atoms with E-state index in [1.54, 1.807) is 29.4 Å². The van der Waals surface area contributed by atoms with E-state index in [0.29, 0.717) is 33.4 Å². The van der Waals surface area contributed by atoms with Gasteiger partial charge in [0.05, 0.1) is 16.3 Å². The number of fused-ring (bicyclic) bond motifs is 2. The predicted octanol–water partition coefficient (Wildman–Crippen LogP) is 4.10. The molecule has 2 heterocycles. The van der Waals surface area contributed by atoms with Crippen molar-refractivity contribution in [3.63, 3.8) is 0 Å². The summed E-state index contributed by atoms with van der Waals surface area (Å²) in [7, 11) is 0. The lowest BCUT2D eigenvalue weighted by atomic mass is 10.2. The number of aromatic nitrogens is 4. The Kier molecular flexibility index (Phi) is 5.08. The molecule has 4 rings (SSSR count). The zero-order chi connectivity index (χ0) is 19.5. The van der Waals surface area contributed by atoms with Crippen LogP contribution < -0.4 is 15.3 Å². The highest BCUT2D eigenvalue weighted by Gasteiger charge is 2.17. The number of halogens is 1. The van der Waals surface area contributed by atoms with Gasteiger partial charge in [-0.3, -0.25) is 10.4 Å². The van der Waals surface area contributed by atoms with E-state index in [2.05, 4.69) is 27.4 Å². The fourth-order valence-electron chi connectivity index (χ4n) is 2.99. The summed E-state index contributed by atoms with van der Waals surface area (Å²) < 4.78 is 0. The van der Waals surface area contributed by atoms with Crippen LogP contribution in [0.15, 0.2) is 54.7 Å². The maximum absolute atomic E-state index is 12.4. The van der Waals surface area contributed by atoms with Crippen LogP contribution in [0.1, 0.15) is 19.8 Å². The zero-order valence-electron chi connectivity index (χ0n) is 15.3. The maximum atomic E-state index is 12.4. The standard InChI is InChI=1S/C20H19ClN6O/c1-2-3-12-26(20-23-17-6-4-5-7-19(17)27(28)25-20)24-16-10-11-22-18-13-14(21)8-9-15(16)18/h4-11,13H,2-3,12H2,1H3,(H,22,24). The summed E-state index contributed by atoms with van der Waals surface area (Å²) in [6.07, 6.45) is 3.63. The van der Waals surface area contributed by atoms with Crippen LogP contribution in [0, 0.1) is 5.21 Å². The summed E-state index contributed by atoms with van der Waals surface area (Å²) in [5.41, 5.74) is 6.01. The van der Waals surface area contributed by atoms with E-state index in [1.807, 2.05) is 30.3 Å². The summed E-state index contributed by atoms with van der Waals surface area (Å²) in [6.45, 7) is 2.75. The number of nitrogens with one attached hydrogen (secondary N) is 1. The molecule has 2 aromatic heterocycles. The number of hydrazine groups is 1. The number of hydrogen-bond donors (Lipinski definition) is 1. The molecule has 4 aromatic rings.